The van der Waals surface area contributed by atoms with Gasteiger partial charge in [0, 0.05) is 18.0 Å². The fourth-order valence-corrected chi connectivity index (χ4v) is 5.03. The van der Waals surface area contributed by atoms with Crippen molar-refractivity contribution in [2.45, 2.75) is 24.3 Å². The fourth-order valence-electron chi connectivity index (χ4n) is 2.48. The van der Waals surface area contributed by atoms with Crippen molar-refractivity contribution in [1.29, 1.82) is 5.26 Å². The van der Waals surface area contributed by atoms with E-state index in [0.717, 1.165) is 16.3 Å². The van der Waals surface area contributed by atoms with Crippen LogP contribution in [0, 0.1) is 11.3 Å². The molecule has 1 aliphatic heterocycles. The van der Waals surface area contributed by atoms with Crippen molar-refractivity contribution in [2.24, 2.45) is 0 Å². The number of sulfone groups is 1. The van der Waals surface area contributed by atoms with E-state index in [1.807, 2.05) is 37.1 Å². The molecule has 6 heteroatoms. The van der Waals surface area contributed by atoms with E-state index in [1.165, 1.54) is 0 Å². The lowest BCUT2D eigenvalue weighted by Gasteiger charge is -2.27. The van der Waals surface area contributed by atoms with Crippen LogP contribution in [-0.4, -0.2) is 38.8 Å². The summed E-state index contributed by atoms with van der Waals surface area (Å²) < 4.78 is 23.2. The summed E-state index contributed by atoms with van der Waals surface area (Å²) >= 11 is 1.63. The molecule has 1 unspecified atom stereocenters. The van der Waals surface area contributed by atoms with E-state index in [-0.39, 0.29) is 17.5 Å². The summed E-state index contributed by atoms with van der Waals surface area (Å²) in [6, 6.07) is 7.99. The third-order valence-electron chi connectivity index (χ3n) is 3.55. The monoisotopic (exact) mass is 310 g/mol. The Morgan fingerprint density at radius 1 is 1.50 bits per heavy atom. The van der Waals surface area contributed by atoms with Gasteiger partial charge in [0.25, 0.3) is 0 Å². The molecule has 20 heavy (non-hydrogen) atoms. The van der Waals surface area contributed by atoms with Crippen LogP contribution in [-0.2, 0) is 9.84 Å². The highest BCUT2D eigenvalue weighted by Crippen LogP contribution is 2.32. The number of benzene rings is 1. The highest BCUT2D eigenvalue weighted by molar-refractivity contribution is 7.99. The first-order chi connectivity index (χ1) is 9.48. The van der Waals surface area contributed by atoms with Crippen LogP contribution < -0.4 is 4.90 Å². The Kier molecular flexibility index (Phi) is 4.61. The van der Waals surface area contributed by atoms with Crippen LogP contribution in [0.5, 0.6) is 0 Å². The molecule has 1 atom stereocenters. The molecule has 1 aromatic carbocycles. The van der Waals surface area contributed by atoms with E-state index in [1.54, 1.807) is 11.8 Å². The van der Waals surface area contributed by atoms with Crippen molar-refractivity contribution in [1.82, 2.24) is 0 Å². The largest absolute Gasteiger partial charge is 0.369 e. The summed E-state index contributed by atoms with van der Waals surface area (Å²) in [5, 5.41) is 9.41. The van der Waals surface area contributed by atoms with Crippen molar-refractivity contribution >= 4 is 27.3 Å². The second kappa shape index (κ2) is 6.06. The molecule has 0 aromatic heterocycles. The molecule has 1 saturated heterocycles. The molecule has 1 aliphatic rings. The molecule has 0 bridgehead atoms. The molecule has 4 nitrogen and oxygen atoms in total. The van der Waals surface area contributed by atoms with Gasteiger partial charge in [0.1, 0.15) is 6.07 Å². The van der Waals surface area contributed by atoms with Gasteiger partial charge in [-0.1, -0.05) is 13.0 Å². The number of hydrogen-bond donors (Lipinski definition) is 0. The number of nitrogens with zero attached hydrogens (tertiary/aromatic N) is 2. The molecular formula is C14H18N2O2S2. The average Bonchev–Trinajstić information content (AvgIpc) is 2.78. The first kappa shape index (κ1) is 15.2. The molecule has 0 radical (unpaired) electrons. The smallest absolute Gasteiger partial charge is 0.152 e. The van der Waals surface area contributed by atoms with Gasteiger partial charge in [0.15, 0.2) is 9.84 Å². The molecule has 0 amide bonds. The van der Waals surface area contributed by atoms with Crippen molar-refractivity contribution in [3.63, 3.8) is 0 Å². The molecule has 108 valence electrons. The highest BCUT2D eigenvalue weighted by atomic mass is 32.2. The number of hydrogen-bond acceptors (Lipinski definition) is 5. The van der Waals surface area contributed by atoms with Gasteiger partial charge in [-0.05, 0) is 24.3 Å². The van der Waals surface area contributed by atoms with E-state index in [9.17, 15) is 13.7 Å². The lowest BCUT2D eigenvalue weighted by atomic mass is 10.1. The summed E-state index contributed by atoms with van der Waals surface area (Å²) in [7, 11) is -1.04. The van der Waals surface area contributed by atoms with Gasteiger partial charge in [-0.3, -0.25) is 0 Å². The van der Waals surface area contributed by atoms with E-state index in [4.69, 9.17) is 0 Å². The molecule has 1 fully saturated rings. The first-order valence-corrected chi connectivity index (χ1v) is 9.38. The third-order valence-corrected chi connectivity index (χ3v) is 6.24. The van der Waals surface area contributed by atoms with Crippen LogP contribution in [0.3, 0.4) is 0 Å². The van der Waals surface area contributed by atoms with E-state index in [2.05, 4.69) is 6.07 Å². The van der Waals surface area contributed by atoms with Gasteiger partial charge in [-0.25, -0.2) is 8.42 Å². The van der Waals surface area contributed by atoms with Crippen LogP contribution in [0.4, 0.5) is 5.69 Å². The normalized spacial score (nSPS) is 20.6. The number of nitriles is 1. The molecule has 0 saturated carbocycles. The second-order valence-electron chi connectivity index (χ2n) is 4.86. The van der Waals surface area contributed by atoms with Gasteiger partial charge >= 0.3 is 0 Å². The van der Waals surface area contributed by atoms with Gasteiger partial charge in [-0.15, -0.1) is 11.8 Å². The SMILES string of the molecule is CCSc1cccc(N(C)C2CCS(=O)(=O)C2)c1C#N. The fraction of sp³-hybridized carbons (Fsp3) is 0.500. The molecule has 2 rings (SSSR count). The van der Waals surface area contributed by atoms with Crippen LogP contribution in [0.1, 0.15) is 18.9 Å². The van der Waals surface area contributed by atoms with Crippen molar-refractivity contribution in [2.75, 3.05) is 29.2 Å². The summed E-state index contributed by atoms with van der Waals surface area (Å²) in [4.78, 5) is 2.91. The summed E-state index contributed by atoms with van der Waals surface area (Å²) in [5.74, 6) is 1.33. The molecule has 0 spiro atoms. The Balaban J connectivity index is 2.33. The maximum absolute atomic E-state index is 11.6. The molecule has 0 aliphatic carbocycles. The zero-order valence-electron chi connectivity index (χ0n) is 11.7. The Labute approximate surface area is 124 Å². The van der Waals surface area contributed by atoms with Gasteiger partial charge in [0.2, 0.25) is 0 Å². The zero-order valence-corrected chi connectivity index (χ0v) is 13.3. The molecule has 1 heterocycles. The summed E-state index contributed by atoms with van der Waals surface area (Å²) in [5.41, 5.74) is 1.47. The van der Waals surface area contributed by atoms with Crippen molar-refractivity contribution in [3.8, 4) is 6.07 Å². The number of rotatable bonds is 4. The summed E-state index contributed by atoms with van der Waals surface area (Å²) in [6.45, 7) is 2.05. The topological polar surface area (TPSA) is 61.2 Å². The molecule has 1 aromatic rings. The van der Waals surface area contributed by atoms with Gasteiger partial charge in [0.05, 0.1) is 22.8 Å². The molecule has 0 N–H and O–H groups in total. The van der Waals surface area contributed by atoms with Crippen molar-refractivity contribution < 1.29 is 8.42 Å². The van der Waals surface area contributed by atoms with Crippen LogP contribution in [0.2, 0.25) is 0 Å². The predicted molar refractivity (Wildman–Crippen MR) is 83.0 cm³/mol. The van der Waals surface area contributed by atoms with E-state index < -0.39 is 9.84 Å². The maximum atomic E-state index is 11.6. The lowest BCUT2D eigenvalue weighted by molar-refractivity contribution is 0.601. The average molecular weight is 310 g/mol. The van der Waals surface area contributed by atoms with Gasteiger partial charge in [-0.2, -0.15) is 5.26 Å². The van der Waals surface area contributed by atoms with Crippen LogP contribution in [0.25, 0.3) is 0 Å². The standard InChI is InChI=1S/C14H18N2O2S2/c1-3-19-14-6-4-5-13(12(14)9-15)16(2)11-7-8-20(17,18)10-11/h4-6,11H,3,7-8,10H2,1-2H3. The quantitative estimate of drug-likeness (QED) is 0.799. The Hall–Kier alpha value is -1.19. The van der Waals surface area contributed by atoms with E-state index in [0.29, 0.717) is 12.0 Å². The second-order valence-corrected chi connectivity index (χ2v) is 8.40. The summed E-state index contributed by atoms with van der Waals surface area (Å²) in [6.07, 6.45) is 0.634. The predicted octanol–water partition coefficient (Wildman–Crippen LogP) is 2.29. The highest BCUT2D eigenvalue weighted by Gasteiger charge is 2.31. The van der Waals surface area contributed by atoms with Gasteiger partial charge < -0.3 is 4.90 Å². The minimum Gasteiger partial charge on any atom is -0.369 e. The van der Waals surface area contributed by atoms with E-state index >= 15 is 0 Å². The van der Waals surface area contributed by atoms with Crippen LogP contribution >= 0.6 is 11.8 Å². The number of thioether (sulfide) groups is 1. The minimum atomic E-state index is -2.92. The third kappa shape index (κ3) is 3.10. The zero-order chi connectivity index (χ0) is 14.8. The van der Waals surface area contributed by atoms with Crippen LogP contribution in [0.15, 0.2) is 23.1 Å². The minimum absolute atomic E-state index is 0.0334. The lowest BCUT2D eigenvalue weighted by Crippen LogP contribution is -2.33. The Bertz CT molecular complexity index is 635. The Morgan fingerprint density at radius 3 is 2.80 bits per heavy atom. The number of anilines is 1. The maximum Gasteiger partial charge on any atom is 0.152 e. The Morgan fingerprint density at radius 2 is 2.25 bits per heavy atom. The molecular weight excluding hydrogens is 292 g/mol. The first-order valence-electron chi connectivity index (χ1n) is 6.57. The van der Waals surface area contributed by atoms with Crippen molar-refractivity contribution in [3.05, 3.63) is 23.8 Å².